The standard InChI is InChI=1S/C23H24N2O2S/c1-13-24-18(12-28-13)14-8-9-17-15(10-14)23(2,3)16-11-27-20-7-5-6-19(26-4)21(20)22(16)25-17/h5-10,12,16,22,25H,11H2,1-4H3/t16-,22-/m0/s1. The summed E-state index contributed by atoms with van der Waals surface area (Å²) < 4.78 is 11.8. The number of rotatable bonds is 2. The molecule has 0 saturated carbocycles. The first-order chi connectivity index (χ1) is 13.5. The van der Waals surface area contributed by atoms with Crippen molar-refractivity contribution in [2.45, 2.75) is 32.2 Å². The maximum atomic E-state index is 6.17. The summed E-state index contributed by atoms with van der Waals surface area (Å²) in [5.74, 6) is 2.10. The molecule has 0 saturated heterocycles. The van der Waals surface area contributed by atoms with Gasteiger partial charge in [-0.15, -0.1) is 11.3 Å². The molecule has 2 aromatic carbocycles. The van der Waals surface area contributed by atoms with Crippen LogP contribution in [0.25, 0.3) is 11.3 Å². The number of nitrogens with one attached hydrogen (secondary N) is 1. The van der Waals surface area contributed by atoms with Crippen molar-refractivity contribution in [1.29, 1.82) is 0 Å². The molecule has 0 unspecified atom stereocenters. The van der Waals surface area contributed by atoms with E-state index in [1.165, 1.54) is 16.8 Å². The maximum absolute atomic E-state index is 6.17. The van der Waals surface area contributed by atoms with Gasteiger partial charge in [-0.25, -0.2) is 4.98 Å². The molecule has 2 aliphatic heterocycles. The Balaban J connectivity index is 1.63. The lowest BCUT2D eigenvalue weighted by Gasteiger charge is -2.48. The smallest absolute Gasteiger partial charge is 0.128 e. The number of thiazole rings is 1. The topological polar surface area (TPSA) is 43.4 Å². The molecule has 0 spiro atoms. The first-order valence-corrected chi connectivity index (χ1v) is 10.5. The van der Waals surface area contributed by atoms with Crippen molar-refractivity contribution in [2.24, 2.45) is 5.92 Å². The molecule has 5 rings (SSSR count). The lowest BCUT2D eigenvalue weighted by atomic mass is 9.65. The molecule has 0 amide bonds. The van der Waals surface area contributed by atoms with Crippen LogP contribution in [-0.2, 0) is 5.41 Å². The predicted octanol–water partition coefficient (Wildman–Crippen LogP) is 5.58. The molecule has 3 aromatic rings. The molecule has 0 fully saturated rings. The van der Waals surface area contributed by atoms with E-state index >= 15 is 0 Å². The number of benzene rings is 2. The second-order valence-corrected chi connectivity index (χ2v) is 9.21. The summed E-state index contributed by atoms with van der Waals surface area (Å²) in [6.45, 7) is 7.38. The quantitative estimate of drug-likeness (QED) is 0.618. The van der Waals surface area contributed by atoms with Gasteiger partial charge >= 0.3 is 0 Å². The number of ether oxygens (including phenoxy) is 2. The van der Waals surface area contributed by atoms with Crippen LogP contribution in [0.4, 0.5) is 5.69 Å². The van der Waals surface area contributed by atoms with Crippen LogP contribution >= 0.6 is 11.3 Å². The molecule has 3 heterocycles. The highest BCUT2D eigenvalue weighted by molar-refractivity contribution is 7.09. The molecule has 2 aliphatic rings. The Labute approximate surface area is 169 Å². The molecule has 144 valence electrons. The maximum Gasteiger partial charge on any atom is 0.128 e. The van der Waals surface area contributed by atoms with E-state index in [9.17, 15) is 0 Å². The first kappa shape index (κ1) is 17.6. The third-order valence-corrected chi connectivity index (χ3v) is 7.02. The summed E-state index contributed by atoms with van der Waals surface area (Å²) in [7, 11) is 1.73. The first-order valence-electron chi connectivity index (χ1n) is 9.62. The predicted molar refractivity (Wildman–Crippen MR) is 114 cm³/mol. The molecular weight excluding hydrogens is 368 g/mol. The Morgan fingerprint density at radius 3 is 2.86 bits per heavy atom. The monoisotopic (exact) mass is 392 g/mol. The van der Waals surface area contributed by atoms with E-state index in [-0.39, 0.29) is 11.5 Å². The van der Waals surface area contributed by atoms with Crippen molar-refractivity contribution in [2.75, 3.05) is 19.0 Å². The number of anilines is 1. The molecule has 28 heavy (non-hydrogen) atoms. The molecule has 0 radical (unpaired) electrons. The SMILES string of the molecule is COc1cccc2c1[C@H]1Nc3ccc(-c4csc(C)n4)cc3C(C)(C)[C@H]1CO2. The van der Waals surface area contributed by atoms with Crippen LogP contribution in [0.3, 0.4) is 0 Å². The number of fused-ring (bicyclic) bond motifs is 4. The van der Waals surface area contributed by atoms with Gasteiger partial charge in [-0.2, -0.15) is 0 Å². The van der Waals surface area contributed by atoms with Crippen molar-refractivity contribution in [3.05, 3.63) is 57.9 Å². The van der Waals surface area contributed by atoms with Crippen LogP contribution in [0.5, 0.6) is 11.5 Å². The van der Waals surface area contributed by atoms with Crippen LogP contribution in [0, 0.1) is 12.8 Å². The number of methoxy groups -OCH3 is 1. The van der Waals surface area contributed by atoms with E-state index < -0.39 is 0 Å². The Morgan fingerprint density at radius 2 is 2.11 bits per heavy atom. The van der Waals surface area contributed by atoms with Gasteiger partial charge in [0.2, 0.25) is 0 Å². The van der Waals surface area contributed by atoms with Crippen molar-refractivity contribution in [3.63, 3.8) is 0 Å². The number of aromatic nitrogens is 1. The van der Waals surface area contributed by atoms with Crippen molar-refractivity contribution in [3.8, 4) is 22.8 Å². The molecule has 5 heteroatoms. The second-order valence-electron chi connectivity index (χ2n) is 8.15. The molecule has 0 bridgehead atoms. The number of hydrogen-bond donors (Lipinski definition) is 1. The van der Waals surface area contributed by atoms with Crippen LogP contribution < -0.4 is 14.8 Å². The van der Waals surface area contributed by atoms with Crippen LogP contribution in [0.1, 0.15) is 36.0 Å². The second kappa shape index (κ2) is 6.24. The van der Waals surface area contributed by atoms with Crippen LogP contribution in [-0.4, -0.2) is 18.7 Å². The summed E-state index contributed by atoms with van der Waals surface area (Å²) in [5.41, 5.74) is 5.80. The van der Waals surface area contributed by atoms with Gasteiger partial charge in [0.05, 0.1) is 36.0 Å². The van der Waals surface area contributed by atoms with Gasteiger partial charge in [0.25, 0.3) is 0 Å². The molecule has 0 aliphatic carbocycles. The minimum absolute atomic E-state index is 0.0507. The van der Waals surface area contributed by atoms with Crippen LogP contribution in [0.2, 0.25) is 0 Å². The zero-order valence-corrected chi connectivity index (χ0v) is 17.4. The highest BCUT2D eigenvalue weighted by Crippen LogP contribution is 2.54. The summed E-state index contributed by atoms with van der Waals surface area (Å²) >= 11 is 1.69. The molecule has 1 aromatic heterocycles. The van der Waals surface area contributed by atoms with E-state index in [1.54, 1.807) is 18.4 Å². The average Bonchev–Trinajstić information content (AvgIpc) is 3.13. The Bertz CT molecular complexity index is 1040. The summed E-state index contributed by atoms with van der Waals surface area (Å²) in [4.78, 5) is 4.67. The lowest BCUT2D eigenvalue weighted by molar-refractivity contribution is 0.133. The lowest BCUT2D eigenvalue weighted by Crippen LogP contribution is -2.46. The molecule has 2 atom stereocenters. The summed E-state index contributed by atoms with van der Waals surface area (Å²) in [6.07, 6.45) is 0. The minimum Gasteiger partial charge on any atom is -0.496 e. The van der Waals surface area contributed by atoms with E-state index in [4.69, 9.17) is 9.47 Å². The molecule has 4 nitrogen and oxygen atoms in total. The third kappa shape index (κ3) is 2.53. The average molecular weight is 393 g/mol. The summed E-state index contributed by atoms with van der Waals surface area (Å²) in [5, 5.41) is 7.02. The highest BCUT2D eigenvalue weighted by atomic mass is 32.1. The Morgan fingerprint density at radius 1 is 1.25 bits per heavy atom. The van der Waals surface area contributed by atoms with E-state index in [2.05, 4.69) is 47.7 Å². The van der Waals surface area contributed by atoms with E-state index in [0.29, 0.717) is 12.5 Å². The Kier molecular flexibility index (Phi) is 3.91. The van der Waals surface area contributed by atoms with Crippen molar-refractivity contribution in [1.82, 2.24) is 4.98 Å². The number of aryl methyl sites for hydroxylation is 1. The van der Waals surface area contributed by atoms with Gasteiger partial charge in [0.15, 0.2) is 0 Å². The number of hydrogen-bond acceptors (Lipinski definition) is 5. The fourth-order valence-corrected chi connectivity index (χ4v) is 5.26. The van der Waals surface area contributed by atoms with Gasteiger partial charge < -0.3 is 14.8 Å². The minimum atomic E-state index is -0.0507. The zero-order chi connectivity index (χ0) is 19.5. The van der Waals surface area contributed by atoms with Crippen LogP contribution in [0.15, 0.2) is 41.8 Å². The third-order valence-electron chi connectivity index (χ3n) is 6.24. The van der Waals surface area contributed by atoms with Crippen molar-refractivity contribution >= 4 is 17.0 Å². The highest BCUT2D eigenvalue weighted by Gasteiger charge is 2.47. The normalized spacial score (nSPS) is 21.6. The molecule has 1 N–H and O–H groups in total. The fourth-order valence-electron chi connectivity index (χ4n) is 4.63. The Hall–Kier alpha value is -2.53. The zero-order valence-electron chi connectivity index (χ0n) is 16.6. The van der Waals surface area contributed by atoms with Gasteiger partial charge in [0.1, 0.15) is 11.5 Å². The van der Waals surface area contributed by atoms with Gasteiger partial charge in [-0.3, -0.25) is 0 Å². The largest absolute Gasteiger partial charge is 0.496 e. The van der Waals surface area contributed by atoms with Gasteiger partial charge in [-0.05, 0) is 36.8 Å². The van der Waals surface area contributed by atoms with Gasteiger partial charge in [-0.1, -0.05) is 26.0 Å². The summed E-state index contributed by atoms with van der Waals surface area (Å²) in [6, 6.07) is 12.9. The molecular formula is C23H24N2O2S. The van der Waals surface area contributed by atoms with E-state index in [1.807, 2.05) is 25.1 Å². The van der Waals surface area contributed by atoms with E-state index in [0.717, 1.165) is 27.8 Å². The van der Waals surface area contributed by atoms with Crippen molar-refractivity contribution < 1.29 is 9.47 Å². The fraction of sp³-hybridized carbons (Fsp3) is 0.348. The number of nitrogens with zero attached hydrogens (tertiary/aromatic N) is 1. The van der Waals surface area contributed by atoms with Gasteiger partial charge in [0, 0.05) is 28.0 Å².